The van der Waals surface area contributed by atoms with Crippen LogP contribution in [0, 0.1) is 6.92 Å². The molecule has 3 aromatic rings. The van der Waals surface area contributed by atoms with Crippen molar-refractivity contribution in [2.24, 2.45) is 0 Å². The molecule has 0 spiro atoms. The molecule has 4 rings (SSSR count). The van der Waals surface area contributed by atoms with Crippen molar-refractivity contribution in [2.75, 3.05) is 18.4 Å². The first-order valence-corrected chi connectivity index (χ1v) is 11.6. The largest absolute Gasteiger partial charge is 0.321 e. The predicted molar refractivity (Wildman–Crippen MR) is 117 cm³/mol. The first-order valence-electron chi connectivity index (χ1n) is 9.33. The van der Waals surface area contributed by atoms with E-state index in [1.807, 2.05) is 31.2 Å². The number of carbonyl (C=O) groups is 1. The van der Waals surface area contributed by atoms with Crippen LogP contribution in [0.4, 0.5) is 5.69 Å². The molecule has 1 N–H and O–H groups in total. The van der Waals surface area contributed by atoms with Gasteiger partial charge in [-0.3, -0.25) is 9.78 Å². The van der Waals surface area contributed by atoms with E-state index in [1.165, 1.54) is 16.4 Å². The number of fused-ring (bicyclic) bond motifs is 1. The van der Waals surface area contributed by atoms with E-state index in [0.717, 1.165) is 33.9 Å². The molecule has 6 nitrogen and oxygen atoms in total. The van der Waals surface area contributed by atoms with Gasteiger partial charge in [-0.1, -0.05) is 15.9 Å². The lowest BCUT2D eigenvalue weighted by Crippen LogP contribution is -2.27. The predicted octanol–water partition coefficient (Wildman–Crippen LogP) is 4.34. The lowest BCUT2D eigenvalue weighted by Gasteiger charge is -2.15. The van der Waals surface area contributed by atoms with E-state index in [9.17, 15) is 13.2 Å². The van der Waals surface area contributed by atoms with Gasteiger partial charge in [-0.05, 0) is 68.3 Å². The number of benzene rings is 2. The zero-order valence-electron chi connectivity index (χ0n) is 15.9. The standard InChI is InChI=1S/C21H20BrN3O3S/c1-14-12-20(18-13-16(22)6-9-19(18)23-14)24-21(26)15-4-7-17(8-5-15)29(27,28)25-10-2-3-11-25/h4-9,12-13H,2-3,10-11H2,1H3,(H,23,24,26). The Labute approximate surface area is 178 Å². The second-order valence-corrected chi connectivity index (χ2v) is 9.92. The van der Waals surface area contributed by atoms with Crippen LogP contribution >= 0.6 is 15.9 Å². The fraction of sp³-hybridized carbons (Fsp3) is 0.238. The number of hydrogen-bond acceptors (Lipinski definition) is 4. The molecule has 29 heavy (non-hydrogen) atoms. The van der Waals surface area contributed by atoms with Gasteiger partial charge >= 0.3 is 0 Å². The van der Waals surface area contributed by atoms with Gasteiger partial charge in [0.25, 0.3) is 5.91 Å². The molecule has 1 saturated heterocycles. The monoisotopic (exact) mass is 473 g/mol. The van der Waals surface area contributed by atoms with E-state index in [1.54, 1.807) is 12.1 Å². The molecular weight excluding hydrogens is 454 g/mol. The average Bonchev–Trinajstić information content (AvgIpc) is 3.24. The molecule has 150 valence electrons. The lowest BCUT2D eigenvalue weighted by molar-refractivity contribution is 0.102. The number of amides is 1. The number of hydrogen-bond donors (Lipinski definition) is 1. The van der Waals surface area contributed by atoms with Gasteiger partial charge in [-0.2, -0.15) is 4.31 Å². The maximum absolute atomic E-state index is 12.8. The van der Waals surface area contributed by atoms with E-state index in [2.05, 4.69) is 26.2 Å². The second kappa shape index (κ2) is 7.85. The van der Waals surface area contributed by atoms with E-state index in [-0.39, 0.29) is 10.8 Å². The quantitative estimate of drug-likeness (QED) is 0.610. The lowest BCUT2D eigenvalue weighted by atomic mass is 10.1. The maximum Gasteiger partial charge on any atom is 0.255 e. The van der Waals surface area contributed by atoms with Crippen molar-refractivity contribution in [3.63, 3.8) is 0 Å². The van der Waals surface area contributed by atoms with E-state index >= 15 is 0 Å². The maximum atomic E-state index is 12.8. The summed E-state index contributed by atoms with van der Waals surface area (Å²) in [5.74, 6) is -0.304. The fourth-order valence-electron chi connectivity index (χ4n) is 3.48. The van der Waals surface area contributed by atoms with Gasteiger partial charge in [-0.25, -0.2) is 8.42 Å². The first-order chi connectivity index (χ1) is 13.8. The Morgan fingerprint density at radius 3 is 2.45 bits per heavy atom. The summed E-state index contributed by atoms with van der Waals surface area (Å²) in [6, 6.07) is 13.6. The van der Waals surface area contributed by atoms with Crippen molar-refractivity contribution in [1.29, 1.82) is 0 Å². The minimum atomic E-state index is -3.49. The molecule has 0 radical (unpaired) electrons. The zero-order valence-corrected chi connectivity index (χ0v) is 18.3. The number of rotatable bonds is 4. The minimum Gasteiger partial charge on any atom is -0.321 e. The van der Waals surface area contributed by atoms with Crippen LogP contribution < -0.4 is 5.32 Å². The van der Waals surface area contributed by atoms with Gasteiger partial charge in [-0.15, -0.1) is 0 Å². The number of halogens is 1. The number of carbonyl (C=O) groups excluding carboxylic acids is 1. The van der Waals surface area contributed by atoms with Crippen molar-refractivity contribution in [3.8, 4) is 0 Å². The third-order valence-electron chi connectivity index (χ3n) is 4.97. The molecule has 0 atom stereocenters. The van der Waals surface area contributed by atoms with Crippen molar-refractivity contribution < 1.29 is 13.2 Å². The molecule has 0 aliphatic carbocycles. The molecule has 2 aromatic carbocycles. The molecule has 0 bridgehead atoms. The Bertz CT molecular complexity index is 1190. The summed E-state index contributed by atoms with van der Waals surface area (Å²) in [5, 5.41) is 3.75. The molecule has 0 unspecified atom stereocenters. The Morgan fingerprint density at radius 2 is 1.76 bits per heavy atom. The van der Waals surface area contributed by atoms with Crippen molar-refractivity contribution in [1.82, 2.24) is 9.29 Å². The number of aryl methyl sites for hydroxylation is 1. The highest BCUT2D eigenvalue weighted by Gasteiger charge is 2.27. The van der Waals surface area contributed by atoms with Gasteiger partial charge in [0.15, 0.2) is 0 Å². The van der Waals surface area contributed by atoms with Crippen LogP contribution in [-0.4, -0.2) is 36.7 Å². The highest BCUT2D eigenvalue weighted by Crippen LogP contribution is 2.27. The SMILES string of the molecule is Cc1cc(NC(=O)c2ccc(S(=O)(=O)N3CCCC3)cc2)c2cc(Br)ccc2n1. The van der Waals surface area contributed by atoms with Crippen LogP contribution in [0.2, 0.25) is 0 Å². The summed E-state index contributed by atoms with van der Waals surface area (Å²) in [7, 11) is -3.49. The number of sulfonamides is 1. The summed E-state index contributed by atoms with van der Waals surface area (Å²) in [4.78, 5) is 17.5. The number of nitrogens with one attached hydrogen (secondary N) is 1. The smallest absolute Gasteiger partial charge is 0.255 e. The number of aromatic nitrogens is 1. The van der Waals surface area contributed by atoms with Crippen LogP contribution in [0.15, 0.2) is 57.9 Å². The summed E-state index contributed by atoms with van der Waals surface area (Å²) < 4.78 is 27.7. The van der Waals surface area contributed by atoms with Crippen molar-refractivity contribution >= 4 is 48.5 Å². The van der Waals surface area contributed by atoms with Gasteiger partial charge in [0, 0.05) is 34.2 Å². The second-order valence-electron chi connectivity index (χ2n) is 7.06. The Hall–Kier alpha value is -2.29. The highest BCUT2D eigenvalue weighted by atomic mass is 79.9. The number of nitrogens with zero attached hydrogens (tertiary/aromatic N) is 2. The van der Waals surface area contributed by atoms with Crippen molar-refractivity contribution in [3.05, 3.63) is 64.3 Å². The molecule has 2 heterocycles. The van der Waals surface area contributed by atoms with Gasteiger partial charge in [0.05, 0.1) is 16.1 Å². The molecule has 1 amide bonds. The van der Waals surface area contributed by atoms with Gasteiger partial charge < -0.3 is 5.32 Å². The van der Waals surface area contributed by atoms with Crippen LogP contribution in [0.1, 0.15) is 28.9 Å². The van der Waals surface area contributed by atoms with Crippen LogP contribution in [-0.2, 0) is 10.0 Å². The molecule has 1 fully saturated rings. The van der Waals surface area contributed by atoms with E-state index in [0.29, 0.717) is 24.3 Å². The zero-order chi connectivity index (χ0) is 20.6. The molecule has 8 heteroatoms. The van der Waals surface area contributed by atoms with Gasteiger partial charge in [0.1, 0.15) is 0 Å². The topological polar surface area (TPSA) is 79.4 Å². The molecule has 1 aliphatic rings. The van der Waals surface area contributed by atoms with Gasteiger partial charge in [0.2, 0.25) is 10.0 Å². The molecule has 1 aromatic heterocycles. The molecular formula is C21H20BrN3O3S. The Kier molecular flexibility index (Phi) is 5.42. The third-order valence-corrected chi connectivity index (χ3v) is 7.37. The Balaban J connectivity index is 1.60. The third kappa shape index (κ3) is 4.05. The van der Waals surface area contributed by atoms with Crippen LogP contribution in [0.5, 0.6) is 0 Å². The van der Waals surface area contributed by atoms with Crippen LogP contribution in [0.3, 0.4) is 0 Å². The van der Waals surface area contributed by atoms with Crippen molar-refractivity contribution in [2.45, 2.75) is 24.7 Å². The fourth-order valence-corrected chi connectivity index (χ4v) is 5.36. The number of pyridine rings is 1. The summed E-state index contributed by atoms with van der Waals surface area (Å²) in [5.41, 5.74) is 2.63. The average molecular weight is 474 g/mol. The normalized spacial score (nSPS) is 15.0. The summed E-state index contributed by atoms with van der Waals surface area (Å²) in [6.45, 7) is 2.97. The van der Waals surface area contributed by atoms with Crippen LogP contribution in [0.25, 0.3) is 10.9 Å². The first kappa shape index (κ1) is 20.0. The number of anilines is 1. The molecule has 1 aliphatic heterocycles. The summed E-state index contributed by atoms with van der Waals surface area (Å²) >= 11 is 3.45. The van der Waals surface area contributed by atoms with E-state index < -0.39 is 10.0 Å². The Morgan fingerprint density at radius 1 is 1.07 bits per heavy atom. The molecule has 0 saturated carbocycles. The summed E-state index contributed by atoms with van der Waals surface area (Å²) in [6.07, 6.45) is 1.77. The highest BCUT2D eigenvalue weighted by molar-refractivity contribution is 9.10. The minimum absolute atomic E-state index is 0.213. The van der Waals surface area contributed by atoms with E-state index in [4.69, 9.17) is 0 Å².